The highest BCUT2D eigenvalue weighted by Crippen LogP contribution is 2.37. The zero-order chi connectivity index (χ0) is 21.1. The third kappa shape index (κ3) is 4.90. The molecule has 3 rings (SSSR count). The average molecular weight is 426 g/mol. The van der Waals surface area contributed by atoms with E-state index in [-0.39, 0.29) is 17.7 Å². The maximum absolute atomic E-state index is 14.6. The van der Waals surface area contributed by atoms with E-state index in [1.54, 1.807) is 0 Å². The predicted molar refractivity (Wildman–Crippen MR) is 106 cm³/mol. The Morgan fingerprint density at radius 1 is 0.966 bits per heavy atom. The third-order valence-corrected chi connectivity index (χ3v) is 6.41. The highest BCUT2D eigenvalue weighted by molar-refractivity contribution is 8.00. The highest BCUT2D eigenvalue weighted by atomic mass is 32.2. The molecule has 1 saturated heterocycles. The third-order valence-electron chi connectivity index (χ3n) is 4.99. The molecule has 0 aromatic heterocycles. The Kier molecular flexibility index (Phi) is 7.13. The minimum atomic E-state index is -1.56. The van der Waals surface area contributed by atoms with Crippen LogP contribution in [0, 0.1) is 11.6 Å². The second kappa shape index (κ2) is 9.40. The van der Waals surface area contributed by atoms with Crippen molar-refractivity contribution in [2.75, 3.05) is 6.61 Å². The number of aliphatic hydroxyl groups excluding tert-OH is 4. The van der Waals surface area contributed by atoms with Gasteiger partial charge in [-0.1, -0.05) is 31.2 Å². The standard InChI is InChI=1S/C21H24F2O5S/c1-2-11-3-5-12(6-4-11)7-13-8-14(22)9-15(23)20(13)28-21-19(27)18(26)17(25)16(10-24)29-21/h3-6,8-9,16-19,21,24-27H,2,7,10H2,1H3. The monoisotopic (exact) mass is 426 g/mol. The Morgan fingerprint density at radius 2 is 1.62 bits per heavy atom. The maximum Gasteiger partial charge on any atom is 0.173 e. The van der Waals surface area contributed by atoms with Crippen LogP contribution < -0.4 is 4.74 Å². The topological polar surface area (TPSA) is 90.2 Å². The average Bonchev–Trinajstić information content (AvgIpc) is 2.71. The summed E-state index contributed by atoms with van der Waals surface area (Å²) < 4.78 is 34.1. The van der Waals surface area contributed by atoms with E-state index in [1.165, 1.54) is 6.07 Å². The summed E-state index contributed by atoms with van der Waals surface area (Å²) in [5, 5.41) is 38.7. The molecule has 1 aliphatic rings. The number of ether oxygens (including phenoxy) is 1. The molecular formula is C21H24F2O5S. The molecule has 8 heteroatoms. The number of halogens is 2. The van der Waals surface area contributed by atoms with Gasteiger partial charge in [0.05, 0.1) is 18.0 Å². The number of rotatable bonds is 6. The van der Waals surface area contributed by atoms with Crippen LogP contribution in [0.15, 0.2) is 36.4 Å². The molecule has 0 radical (unpaired) electrons. The normalized spacial score (nSPS) is 27.1. The van der Waals surface area contributed by atoms with Gasteiger partial charge in [0.25, 0.3) is 0 Å². The van der Waals surface area contributed by atoms with Crippen molar-refractivity contribution in [3.8, 4) is 5.75 Å². The molecule has 1 heterocycles. The van der Waals surface area contributed by atoms with Crippen molar-refractivity contribution in [2.24, 2.45) is 0 Å². The van der Waals surface area contributed by atoms with E-state index >= 15 is 0 Å². The molecule has 5 atom stereocenters. The molecule has 0 saturated carbocycles. The molecule has 0 amide bonds. The van der Waals surface area contributed by atoms with Crippen LogP contribution in [-0.4, -0.2) is 56.0 Å². The Morgan fingerprint density at radius 3 is 2.24 bits per heavy atom. The van der Waals surface area contributed by atoms with Crippen molar-refractivity contribution in [1.82, 2.24) is 0 Å². The smallest absolute Gasteiger partial charge is 0.173 e. The van der Waals surface area contributed by atoms with Gasteiger partial charge < -0.3 is 25.2 Å². The molecule has 0 bridgehead atoms. The van der Waals surface area contributed by atoms with Crippen LogP contribution in [0.5, 0.6) is 5.75 Å². The van der Waals surface area contributed by atoms with Crippen molar-refractivity contribution in [2.45, 2.75) is 48.8 Å². The van der Waals surface area contributed by atoms with Crippen molar-refractivity contribution in [3.63, 3.8) is 0 Å². The van der Waals surface area contributed by atoms with Gasteiger partial charge in [-0.25, -0.2) is 8.78 Å². The summed E-state index contributed by atoms with van der Waals surface area (Å²) >= 11 is 0.886. The first-order chi connectivity index (χ1) is 13.8. The molecule has 158 valence electrons. The Labute approximate surface area is 172 Å². The lowest BCUT2D eigenvalue weighted by atomic mass is 10.0. The molecule has 4 N–H and O–H groups in total. The van der Waals surface area contributed by atoms with Crippen molar-refractivity contribution >= 4 is 11.8 Å². The van der Waals surface area contributed by atoms with Crippen LogP contribution in [0.2, 0.25) is 0 Å². The van der Waals surface area contributed by atoms with Gasteiger partial charge in [-0.3, -0.25) is 0 Å². The number of hydrogen-bond acceptors (Lipinski definition) is 6. The number of thioether (sulfide) groups is 1. The van der Waals surface area contributed by atoms with E-state index in [9.17, 15) is 29.2 Å². The molecule has 29 heavy (non-hydrogen) atoms. The van der Waals surface area contributed by atoms with Crippen molar-refractivity contribution < 1.29 is 33.9 Å². The number of benzene rings is 2. The van der Waals surface area contributed by atoms with E-state index in [1.807, 2.05) is 31.2 Å². The summed E-state index contributed by atoms with van der Waals surface area (Å²) in [5.41, 5.74) is 1.07. The maximum atomic E-state index is 14.6. The summed E-state index contributed by atoms with van der Waals surface area (Å²) in [4.78, 5) is 0. The van der Waals surface area contributed by atoms with Crippen molar-refractivity contribution in [3.05, 3.63) is 64.7 Å². The molecule has 5 nitrogen and oxygen atoms in total. The first-order valence-corrected chi connectivity index (χ1v) is 10.3. The van der Waals surface area contributed by atoms with Crippen LogP contribution in [0.4, 0.5) is 8.78 Å². The van der Waals surface area contributed by atoms with E-state index in [0.29, 0.717) is 6.07 Å². The fourth-order valence-electron chi connectivity index (χ4n) is 3.27. The molecular weight excluding hydrogens is 402 g/mol. The Balaban J connectivity index is 1.88. The quantitative estimate of drug-likeness (QED) is 0.565. The lowest BCUT2D eigenvalue weighted by molar-refractivity contribution is -0.0913. The molecule has 0 spiro atoms. The minimum absolute atomic E-state index is 0.204. The Bertz CT molecular complexity index is 831. The molecule has 0 aliphatic carbocycles. The SMILES string of the molecule is CCc1ccc(Cc2cc(F)cc(F)c2OC2SC(CO)C(O)C(O)C2O)cc1. The summed E-state index contributed by atoms with van der Waals surface area (Å²) in [7, 11) is 0. The van der Waals surface area contributed by atoms with Crippen molar-refractivity contribution in [1.29, 1.82) is 0 Å². The minimum Gasteiger partial charge on any atom is -0.474 e. The number of aryl methyl sites for hydroxylation is 1. The van der Waals surface area contributed by atoms with Gasteiger partial charge in [0.15, 0.2) is 17.0 Å². The van der Waals surface area contributed by atoms with E-state index in [0.717, 1.165) is 29.3 Å². The van der Waals surface area contributed by atoms with E-state index in [2.05, 4.69) is 0 Å². The number of hydrogen-bond donors (Lipinski definition) is 4. The number of aliphatic hydroxyl groups is 4. The zero-order valence-electron chi connectivity index (χ0n) is 15.8. The van der Waals surface area contributed by atoms with Gasteiger partial charge in [0, 0.05) is 18.1 Å². The van der Waals surface area contributed by atoms with Crippen LogP contribution >= 0.6 is 11.8 Å². The summed E-state index contributed by atoms with van der Waals surface area (Å²) in [5.74, 6) is -1.92. The molecule has 2 aromatic rings. The van der Waals surface area contributed by atoms with Gasteiger partial charge >= 0.3 is 0 Å². The summed E-state index contributed by atoms with van der Waals surface area (Å²) in [6.07, 6.45) is -3.35. The Hall–Kier alpha value is -1.71. The molecule has 5 unspecified atom stereocenters. The van der Waals surface area contributed by atoms with E-state index < -0.39 is 47.2 Å². The first-order valence-electron chi connectivity index (χ1n) is 9.37. The van der Waals surface area contributed by atoms with Gasteiger partial charge in [0.2, 0.25) is 0 Å². The largest absolute Gasteiger partial charge is 0.474 e. The second-order valence-electron chi connectivity index (χ2n) is 7.04. The molecule has 1 aliphatic heterocycles. The summed E-state index contributed by atoms with van der Waals surface area (Å²) in [6.45, 7) is 1.57. The van der Waals surface area contributed by atoms with Crippen LogP contribution in [0.1, 0.15) is 23.6 Å². The lowest BCUT2D eigenvalue weighted by Crippen LogP contribution is -2.55. The van der Waals surface area contributed by atoms with E-state index in [4.69, 9.17) is 4.74 Å². The zero-order valence-corrected chi connectivity index (χ0v) is 16.6. The highest BCUT2D eigenvalue weighted by Gasteiger charge is 2.44. The van der Waals surface area contributed by atoms with Crippen LogP contribution in [0.3, 0.4) is 0 Å². The molecule has 2 aromatic carbocycles. The summed E-state index contributed by atoms with van der Waals surface area (Å²) in [6, 6.07) is 9.48. The fourth-order valence-corrected chi connectivity index (χ4v) is 4.50. The molecule has 1 fully saturated rings. The van der Waals surface area contributed by atoms with Gasteiger partial charge in [-0.15, -0.1) is 11.8 Å². The van der Waals surface area contributed by atoms with Crippen LogP contribution in [-0.2, 0) is 12.8 Å². The fraction of sp³-hybridized carbons (Fsp3) is 0.429. The van der Waals surface area contributed by atoms with Gasteiger partial charge in [-0.05, 0) is 23.6 Å². The second-order valence-corrected chi connectivity index (χ2v) is 8.38. The predicted octanol–water partition coefficient (Wildman–Crippen LogP) is 2.01. The lowest BCUT2D eigenvalue weighted by Gasteiger charge is -2.39. The van der Waals surface area contributed by atoms with Gasteiger partial charge in [-0.2, -0.15) is 0 Å². The van der Waals surface area contributed by atoms with Gasteiger partial charge in [0.1, 0.15) is 18.0 Å². The van der Waals surface area contributed by atoms with Crippen LogP contribution in [0.25, 0.3) is 0 Å². The first kappa shape index (κ1) is 22.0.